The molecule has 0 aliphatic heterocycles. The molecule has 2 aromatic carbocycles. The predicted octanol–water partition coefficient (Wildman–Crippen LogP) is 9.77. The Labute approximate surface area is 322 Å². The number of hydrogen-bond donors (Lipinski definition) is 1. The first-order valence-corrected chi connectivity index (χ1v) is 17.0. The lowest BCUT2D eigenvalue weighted by atomic mass is 9.92. The first-order valence-electron chi connectivity index (χ1n) is 15.4. The Bertz CT molecular complexity index is 2260. The molecule has 1 atom stereocenters. The monoisotopic (exact) mass is 902 g/mol. The maximum absolute atomic E-state index is 13.6. The van der Waals surface area contributed by atoms with Gasteiger partial charge in [-0.15, -0.1) is 0 Å². The standard InChI is InChI=1S/C18H14BrF4N3O2.C17H10BrF4N3O2/c1-17(27,9-26-10-24-8-15(26)20)14-7-25-16(6-13(14)18(21,22)23)28-12-4-2-11(19)3-5-12;18-10-1-3-11(4-2-10)27-16-5-13(17(20,21)22)12(6-24-16)14(26)8-25-9-23-7-15(25)19/h2-8,10,27H,9H2,1H3;1-7,9H,8H2. The molecule has 0 fully saturated rings. The molecule has 1 N–H and O–H groups in total. The van der Waals surface area contributed by atoms with Crippen molar-refractivity contribution >= 4 is 37.6 Å². The summed E-state index contributed by atoms with van der Waals surface area (Å²) in [4.78, 5) is 26.9. The molecule has 288 valence electrons. The molecule has 0 radical (unpaired) electrons. The predicted molar refractivity (Wildman–Crippen MR) is 185 cm³/mol. The summed E-state index contributed by atoms with van der Waals surface area (Å²) in [5, 5.41) is 10.6. The molecule has 0 spiro atoms. The van der Waals surface area contributed by atoms with E-state index in [0.717, 1.165) is 62.4 Å². The molecule has 10 nitrogen and oxygen atoms in total. The van der Waals surface area contributed by atoms with Crippen LogP contribution in [-0.4, -0.2) is 40.0 Å². The first-order chi connectivity index (χ1) is 25.8. The Morgan fingerprint density at radius 2 is 1.15 bits per heavy atom. The van der Waals surface area contributed by atoms with Crippen molar-refractivity contribution in [2.75, 3.05) is 0 Å². The number of ketones is 1. The maximum Gasteiger partial charge on any atom is 0.417 e. The van der Waals surface area contributed by atoms with Crippen molar-refractivity contribution in [1.82, 2.24) is 29.1 Å². The number of nitrogens with zero attached hydrogens (tertiary/aromatic N) is 6. The number of ether oxygens (including phenoxy) is 2. The summed E-state index contributed by atoms with van der Waals surface area (Å²) in [5.74, 6) is -2.61. The summed E-state index contributed by atoms with van der Waals surface area (Å²) in [6.45, 7) is 0.0357. The summed E-state index contributed by atoms with van der Waals surface area (Å²) in [6.07, 6.45) is -4.11. The van der Waals surface area contributed by atoms with Crippen LogP contribution in [0, 0.1) is 11.9 Å². The number of Topliss-reactive ketones (excluding diaryl/α,β-unsaturated/α-hetero) is 1. The van der Waals surface area contributed by atoms with E-state index in [9.17, 15) is 45.0 Å². The van der Waals surface area contributed by atoms with Gasteiger partial charge in [-0.25, -0.2) is 19.9 Å². The normalized spacial score (nSPS) is 12.7. The number of imidazole rings is 2. The summed E-state index contributed by atoms with van der Waals surface area (Å²) in [6, 6.07) is 14.2. The molecule has 4 aromatic heterocycles. The molecular formula is C35H24Br2F8N6O4. The summed E-state index contributed by atoms with van der Waals surface area (Å²) in [5.41, 5.74) is -5.58. The minimum Gasteiger partial charge on any atom is -0.439 e. The minimum absolute atomic E-state index is 0.276. The van der Waals surface area contributed by atoms with E-state index in [1.54, 1.807) is 48.5 Å². The van der Waals surface area contributed by atoms with Crippen LogP contribution in [0.5, 0.6) is 23.3 Å². The maximum atomic E-state index is 13.6. The zero-order valence-corrected chi connectivity index (χ0v) is 31.0. The number of carbonyl (C=O) groups is 1. The molecule has 20 heteroatoms. The molecule has 0 bridgehead atoms. The van der Waals surface area contributed by atoms with Crippen LogP contribution in [0.1, 0.15) is 34.0 Å². The van der Waals surface area contributed by atoms with Gasteiger partial charge in [0.1, 0.15) is 17.1 Å². The fourth-order valence-electron chi connectivity index (χ4n) is 4.85. The number of aliphatic hydroxyl groups is 1. The quantitative estimate of drug-likeness (QED) is 0.107. The van der Waals surface area contributed by atoms with Crippen LogP contribution < -0.4 is 9.47 Å². The highest BCUT2D eigenvalue weighted by Gasteiger charge is 2.40. The number of carbonyl (C=O) groups excluding carboxylic acids is 1. The van der Waals surface area contributed by atoms with Crippen LogP contribution in [0.25, 0.3) is 0 Å². The van der Waals surface area contributed by atoms with Crippen LogP contribution in [0.2, 0.25) is 0 Å². The van der Waals surface area contributed by atoms with Crippen molar-refractivity contribution in [1.29, 1.82) is 0 Å². The van der Waals surface area contributed by atoms with Crippen molar-refractivity contribution < 1.29 is 54.5 Å². The van der Waals surface area contributed by atoms with Gasteiger partial charge >= 0.3 is 12.4 Å². The second-order valence-corrected chi connectivity index (χ2v) is 13.5. The van der Waals surface area contributed by atoms with E-state index < -0.39 is 71.0 Å². The largest absolute Gasteiger partial charge is 0.439 e. The van der Waals surface area contributed by atoms with Gasteiger partial charge in [-0.2, -0.15) is 35.1 Å². The Morgan fingerprint density at radius 1 is 0.691 bits per heavy atom. The average molecular weight is 904 g/mol. The SMILES string of the molecule is CC(O)(Cn1cncc1F)c1cnc(Oc2ccc(Br)cc2)cc1C(F)(F)F.O=C(Cn1cncc1F)c1cnc(Oc2ccc(Br)cc2)cc1C(F)(F)F. The van der Waals surface area contributed by atoms with Gasteiger partial charge < -0.3 is 19.1 Å². The van der Waals surface area contributed by atoms with E-state index in [4.69, 9.17) is 9.47 Å². The third-order valence-electron chi connectivity index (χ3n) is 7.44. The molecular weight excluding hydrogens is 880 g/mol. The number of alkyl halides is 6. The van der Waals surface area contributed by atoms with Crippen LogP contribution in [-0.2, 0) is 31.0 Å². The van der Waals surface area contributed by atoms with Gasteiger partial charge in [0.05, 0.1) is 54.8 Å². The first kappa shape index (κ1) is 41.0. The van der Waals surface area contributed by atoms with Crippen LogP contribution in [0.3, 0.4) is 0 Å². The van der Waals surface area contributed by atoms with Crippen LogP contribution >= 0.6 is 31.9 Å². The smallest absolute Gasteiger partial charge is 0.417 e. The molecule has 1 unspecified atom stereocenters. The average Bonchev–Trinajstić information content (AvgIpc) is 3.71. The molecule has 0 saturated heterocycles. The highest BCUT2D eigenvalue weighted by molar-refractivity contribution is 9.10. The molecule has 6 rings (SSSR count). The third kappa shape index (κ3) is 10.7. The van der Waals surface area contributed by atoms with Crippen molar-refractivity contribution in [3.63, 3.8) is 0 Å². The van der Waals surface area contributed by atoms with Gasteiger partial charge in [0, 0.05) is 39.0 Å². The van der Waals surface area contributed by atoms with Gasteiger partial charge in [0.15, 0.2) is 5.78 Å². The minimum atomic E-state index is -4.82. The molecule has 55 heavy (non-hydrogen) atoms. The van der Waals surface area contributed by atoms with Crippen molar-refractivity contribution in [3.8, 4) is 23.3 Å². The molecule has 6 aromatic rings. The number of aromatic nitrogens is 6. The van der Waals surface area contributed by atoms with Crippen molar-refractivity contribution in [2.45, 2.75) is 38.0 Å². The van der Waals surface area contributed by atoms with E-state index in [1.807, 2.05) is 0 Å². The summed E-state index contributed by atoms with van der Waals surface area (Å²) in [7, 11) is 0. The highest BCUT2D eigenvalue weighted by atomic mass is 79.9. The molecule has 0 amide bonds. The number of hydrogen-bond acceptors (Lipinski definition) is 8. The summed E-state index contributed by atoms with van der Waals surface area (Å²) >= 11 is 6.48. The lowest BCUT2D eigenvalue weighted by Crippen LogP contribution is -2.31. The van der Waals surface area contributed by atoms with E-state index in [0.29, 0.717) is 17.9 Å². The zero-order chi connectivity index (χ0) is 40.1. The molecule has 4 heterocycles. The number of benzene rings is 2. The number of rotatable bonds is 10. The van der Waals surface area contributed by atoms with E-state index in [1.165, 1.54) is 0 Å². The van der Waals surface area contributed by atoms with Crippen molar-refractivity contribution in [2.24, 2.45) is 0 Å². The Kier molecular flexibility index (Phi) is 12.4. The van der Waals surface area contributed by atoms with Gasteiger partial charge in [0.25, 0.3) is 0 Å². The molecule has 0 aliphatic rings. The Morgan fingerprint density at radius 3 is 1.60 bits per heavy atom. The fraction of sp³-hybridized carbons (Fsp3) is 0.171. The van der Waals surface area contributed by atoms with Crippen molar-refractivity contribution in [3.05, 3.63) is 141 Å². The zero-order valence-electron chi connectivity index (χ0n) is 27.8. The second-order valence-electron chi connectivity index (χ2n) is 11.6. The Balaban J connectivity index is 0.000000211. The van der Waals surface area contributed by atoms with Crippen LogP contribution in [0.15, 0.2) is 107 Å². The fourth-order valence-corrected chi connectivity index (χ4v) is 5.38. The van der Waals surface area contributed by atoms with E-state index >= 15 is 0 Å². The lowest BCUT2D eigenvalue weighted by Gasteiger charge is -2.27. The van der Waals surface area contributed by atoms with Gasteiger partial charge in [-0.3, -0.25) is 9.36 Å². The van der Waals surface area contributed by atoms with Gasteiger partial charge in [-0.05, 0) is 55.5 Å². The molecule has 0 saturated carbocycles. The third-order valence-corrected chi connectivity index (χ3v) is 8.49. The second kappa shape index (κ2) is 16.7. The van der Waals surface area contributed by atoms with E-state index in [-0.39, 0.29) is 17.5 Å². The topological polar surface area (TPSA) is 117 Å². The number of pyridine rings is 2. The van der Waals surface area contributed by atoms with E-state index in [2.05, 4.69) is 51.8 Å². The highest BCUT2D eigenvalue weighted by Crippen LogP contribution is 2.40. The lowest BCUT2D eigenvalue weighted by molar-refractivity contribution is -0.141. The van der Waals surface area contributed by atoms with Gasteiger partial charge in [0.2, 0.25) is 23.7 Å². The Hall–Kier alpha value is -5.21. The van der Waals surface area contributed by atoms with Crippen LogP contribution in [0.4, 0.5) is 35.1 Å². The summed E-state index contributed by atoms with van der Waals surface area (Å²) < 4.78 is 122. The molecule has 0 aliphatic carbocycles. The number of halogens is 10. The van der Waals surface area contributed by atoms with Gasteiger partial charge in [-0.1, -0.05) is 31.9 Å².